The van der Waals surface area contributed by atoms with Gasteiger partial charge < -0.3 is 15.1 Å². The van der Waals surface area contributed by atoms with Crippen molar-refractivity contribution in [1.29, 1.82) is 0 Å². The Morgan fingerprint density at radius 2 is 2.07 bits per heavy atom. The first-order chi connectivity index (χ1) is 13.6. The number of hydrogen-bond donors (Lipinski definition) is 2. The van der Waals surface area contributed by atoms with Gasteiger partial charge >= 0.3 is 0 Å². The summed E-state index contributed by atoms with van der Waals surface area (Å²) >= 11 is 0. The lowest BCUT2D eigenvalue weighted by atomic mass is 10.1. The Hall–Kier alpha value is -2.87. The summed E-state index contributed by atoms with van der Waals surface area (Å²) in [4.78, 5) is 25.9. The SMILES string of the molecule is O=C(NCC(c1ccco1)N1CCCC1)c1ccc(NC2CC2)c([N+](=O)[O-])c1. The molecule has 1 unspecified atom stereocenters. The van der Waals surface area contributed by atoms with Gasteiger partial charge in [0, 0.05) is 24.2 Å². The molecule has 148 valence electrons. The van der Waals surface area contributed by atoms with Crippen LogP contribution >= 0.6 is 0 Å². The van der Waals surface area contributed by atoms with E-state index in [1.54, 1.807) is 18.4 Å². The molecule has 1 aliphatic carbocycles. The van der Waals surface area contributed by atoms with Gasteiger partial charge in [-0.05, 0) is 63.0 Å². The molecule has 1 amide bonds. The molecule has 1 saturated heterocycles. The number of carbonyl (C=O) groups excluding carboxylic acids is 1. The van der Waals surface area contributed by atoms with Gasteiger partial charge in [-0.1, -0.05) is 0 Å². The van der Waals surface area contributed by atoms with Crippen molar-refractivity contribution in [3.8, 4) is 0 Å². The molecule has 28 heavy (non-hydrogen) atoms. The van der Waals surface area contributed by atoms with Crippen molar-refractivity contribution in [1.82, 2.24) is 10.2 Å². The average Bonchev–Trinajstić information content (AvgIpc) is 3.14. The average molecular weight is 384 g/mol. The molecular formula is C20H24N4O4. The van der Waals surface area contributed by atoms with E-state index in [0.717, 1.165) is 44.5 Å². The Bertz CT molecular complexity index is 842. The molecule has 8 heteroatoms. The number of carbonyl (C=O) groups is 1. The van der Waals surface area contributed by atoms with Crippen molar-refractivity contribution >= 4 is 17.3 Å². The van der Waals surface area contributed by atoms with E-state index >= 15 is 0 Å². The van der Waals surface area contributed by atoms with Crippen LogP contribution in [-0.2, 0) is 0 Å². The smallest absolute Gasteiger partial charge is 0.293 e. The Kier molecular flexibility index (Phi) is 5.29. The second-order valence-electron chi connectivity index (χ2n) is 7.39. The van der Waals surface area contributed by atoms with Gasteiger partial charge in [-0.25, -0.2) is 0 Å². The Labute approximate surface area is 163 Å². The summed E-state index contributed by atoms with van der Waals surface area (Å²) < 4.78 is 5.56. The van der Waals surface area contributed by atoms with Crippen LogP contribution in [0.3, 0.4) is 0 Å². The minimum absolute atomic E-state index is 0.0350. The number of rotatable bonds is 8. The van der Waals surface area contributed by atoms with E-state index in [2.05, 4.69) is 15.5 Å². The largest absolute Gasteiger partial charge is 0.468 e. The first kappa shape index (κ1) is 18.5. The predicted octanol–water partition coefficient (Wildman–Crippen LogP) is 3.33. The van der Waals surface area contributed by atoms with Crippen molar-refractivity contribution in [2.24, 2.45) is 0 Å². The normalized spacial score (nSPS) is 18.0. The van der Waals surface area contributed by atoms with E-state index in [9.17, 15) is 14.9 Å². The molecule has 2 N–H and O–H groups in total. The molecule has 1 aliphatic heterocycles. The van der Waals surface area contributed by atoms with Crippen LogP contribution in [0.1, 0.15) is 47.8 Å². The molecule has 2 aliphatic rings. The zero-order chi connectivity index (χ0) is 19.5. The first-order valence-electron chi connectivity index (χ1n) is 9.72. The molecular weight excluding hydrogens is 360 g/mol. The van der Waals surface area contributed by atoms with Crippen LogP contribution in [0.25, 0.3) is 0 Å². The standard InChI is InChI=1S/C20H24N4O4/c25-20(14-5-8-16(22-15-6-7-15)17(12-14)24(26)27)21-13-18(19-4-3-11-28-19)23-9-1-2-10-23/h3-5,8,11-12,15,18,22H,1-2,6-7,9-10,13H2,(H,21,25). The maximum atomic E-state index is 12.7. The number of nitrogens with zero attached hydrogens (tertiary/aromatic N) is 2. The predicted molar refractivity (Wildman–Crippen MR) is 104 cm³/mol. The molecule has 0 radical (unpaired) electrons. The number of hydrogen-bond acceptors (Lipinski definition) is 6. The van der Waals surface area contributed by atoms with Crippen LogP contribution in [0.5, 0.6) is 0 Å². The molecule has 0 spiro atoms. The molecule has 2 heterocycles. The third-order valence-electron chi connectivity index (χ3n) is 5.30. The van der Waals surface area contributed by atoms with Gasteiger partial charge in [-0.15, -0.1) is 0 Å². The van der Waals surface area contributed by atoms with Crippen molar-refractivity contribution in [3.05, 3.63) is 58.0 Å². The van der Waals surface area contributed by atoms with Gasteiger partial charge in [0.1, 0.15) is 11.4 Å². The maximum absolute atomic E-state index is 12.7. The summed E-state index contributed by atoms with van der Waals surface area (Å²) in [6.07, 6.45) is 5.93. The van der Waals surface area contributed by atoms with Crippen LogP contribution in [0.2, 0.25) is 0 Å². The van der Waals surface area contributed by atoms with Crippen molar-refractivity contribution in [2.75, 3.05) is 25.0 Å². The summed E-state index contributed by atoms with van der Waals surface area (Å²) in [5, 5.41) is 17.5. The fourth-order valence-corrected chi connectivity index (χ4v) is 3.63. The van der Waals surface area contributed by atoms with Gasteiger partial charge in [-0.3, -0.25) is 19.8 Å². The number of nitro groups is 1. The first-order valence-corrected chi connectivity index (χ1v) is 9.72. The number of benzene rings is 1. The van der Waals surface area contributed by atoms with Crippen molar-refractivity contribution in [2.45, 2.75) is 37.8 Å². The minimum atomic E-state index is -0.447. The molecule has 1 aromatic carbocycles. The van der Waals surface area contributed by atoms with Gasteiger partial charge in [-0.2, -0.15) is 0 Å². The summed E-state index contributed by atoms with van der Waals surface area (Å²) in [5.74, 6) is 0.494. The monoisotopic (exact) mass is 384 g/mol. The third-order valence-corrected chi connectivity index (χ3v) is 5.30. The van der Waals surface area contributed by atoms with Gasteiger partial charge in [0.25, 0.3) is 11.6 Å². The fourth-order valence-electron chi connectivity index (χ4n) is 3.63. The number of nitrogens with one attached hydrogen (secondary N) is 2. The summed E-state index contributed by atoms with van der Waals surface area (Å²) in [7, 11) is 0. The van der Waals surface area contributed by atoms with Crippen LogP contribution in [0.4, 0.5) is 11.4 Å². The minimum Gasteiger partial charge on any atom is -0.468 e. The molecule has 2 fully saturated rings. The van der Waals surface area contributed by atoms with Crippen LogP contribution in [-0.4, -0.2) is 41.4 Å². The summed E-state index contributed by atoms with van der Waals surface area (Å²) in [6, 6.07) is 8.62. The highest BCUT2D eigenvalue weighted by Crippen LogP contribution is 2.31. The van der Waals surface area contributed by atoms with E-state index < -0.39 is 4.92 Å². The number of amides is 1. The van der Waals surface area contributed by atoms with Crippen LogP contribution in [0, 0.1) is 10.1 Å². The Morgan fingerprint density at radius 1 is 1.29 bits per heavy atom. The molecule has 0 bridgehead atoms. The fraction of sp³-hybridized carbons (Fsp3) is 0.450. The second kappa shape index (κ2) is 8.02. The van der Waals surface area contributed by atoms with Crippen LogP contribution in [0.15, 0.2) is 41.0 Å². The number of anilines is 1. The van der Waals surface area contributed by atoms with Gasteiger partial charge in [0.15, 0.2) is 0 Å². The highest BCUT2D eigenvalue weighted by atomic mass is 16.6. The summed E-state index contributed by atoms with van der Waals surface area (Å²) in [6.45, 7) is 2.32. The summed E-state index contributed by atoms with van der Waals surface area (Å²) in [5.41, 5.74) is 0.684. The molecule has 2 aromatic rings. The second-order valence-corrected chi connectivity index (χ2v) is 7.39. The van der Waals surface area contributed by atoms with Gasteiger partial charge in [0.2, 0.25) is 0 Å². The number of nitro benzene ring substituents is 1. The van der Waals surface area contributed by atoms with E-state index in [0.29, 0.717) is 18.3 Å². The Balaban J connectivity index is 1.46. The topological polar surface area (TPSA) is 101 Å². The lowest BCUT2D eigenvalue weighted by Gasteiger charge is -2.26. The van der Waals surface area contributed by atoms with E-state index in [-0.39, 0.29) is 23.2 Å². The molecule has 4 rings (SSSR count). The highest BCUT2D eigenvalue weighted by molar-refractivity contribution is 5.95. The molecule has 1 atom stereocenters. The Morgan fingerprint density at radius 3 is 2.71 bits per heavy atom. The van der Waals surface area contributed by atoms with Crippen LogP contribution < -0.4 is 10.6 Å². The lowest BCUT2D eigenvalue weighted by molar-refractivity contribution is -0.384. The molecule has 1 saturated carbocycles. The quantitative estimate of drug-likeness (QED) is 0.535. The van der Waals surface area contributed by atoms with Crippen molar-refractivity contribution in [3.63, 3.8) is 0 Å². The third kappa shape index (κ3) is 4.17. The van der Waals surface area contributed by atoms with E-state index in [1.165, 1.54) is 6.07 Å². The zero-order valence-electron chi connectivity index (χ0n) is 15.6. The molecule has 1 aromatic heterocycles. The zero-order valence-corrected chi connectivity index (χ0v) is 15.6. The number of likely N-dealkylation sites (tertiary alicyclic amines) is 1. The van der Waals surface area contributed by atoms with E-state index in [1.807, 2.05) is 12.1 Å². The maximum Gasteiger partial charge on any atom is 0.293 e. The van der Waals surface area contributed by atoms with Crippen molar-refractivity contribution < 1.29 is 14.1 Å². The molecule has 8 nitrogen and oxygen atoms in total. The van der Waals surface area contributed by atoms with E-state index in [4.69, 9.17) is 4.42 Å². The number of furan rings is 1. The van der Waals surface area contributed by atoms with Gasteiger partial charge in [0.05, 0.1) is 17.2 Å². The lowest BCUT2D eigenvalue weighted by Crippen LogP contribution is -2.36. The highest BCUT2D eigenvalue weighted by Gasteiger charge is 2.28.